The van der Waals surface area contributed by atoms with Gasteiger partial charge in [0, 0.05) is 5.69 Å². The van der Waals surface area contributed by atoms with Gasteiger partial charge in [0.2, 0.25) is 5.88 Å². The zero-order valence-corrected chi connectivity index (χ0v) is 12.3. The summed E-state index contributed by atoms with van der Waals surface area (Å²) in [7, 11) is 0. The van der Waals surface area contributed by atoms with Crippen LogP contribution in [0.15, 0.2) is 65.5 Å². The summed E-state index contributed by atoms with van der Waals surface area (Å²) in [5, 5.41) is 15.8. The number of H-pyrrole nitrogens is 1. The third-order valence-corrected chi connectivity index (χ3v) is 3.46. The van der Waals surface area contributed by atoms with Gasteiger partial charge in [0.1, 0.15) is 10.6 Å². The van der Waals surface area contributed by atoms with E-state index < -0.39 is 5.56 Å². The third-order valence-electron chi connectivity index (χ3n) is 3.15. The first-order valence-electron chi connectivity index (χ1n) is 6.62. The van der Waals surface area contributed by atoms with E-state index in [1.165, 1.54) is 4.68 Å². The Morgan fingerprint density at radius 2 is 1.64 bits per heavy atom. The molecule has 0 radical (unpaired) electrons. The molecule has 0 aliphatic heterocycles. The lowest BCUT2D eigenvalue weighted by Gasteiger charge is -2.07. The van der Waals surface area contributed by atoms with Crippen LogP contribution in [0, 0.1) is 0 Å². The highest BCUT2D eigenvalue weighted by molar-refractivity contribution is 7.81. The van der Waals surface area contributed by atoms with E-state index in [0.717, 1.165) is 5.69 Å². The molecule has 0 fully saturated rings. The first kappa shape index (κ1) is 14.1. The highest BCUT2D eigenvalue weighted by atomic mass is 32.1. The number of nitrogens with zero attached hydrogens (tertiary/aromatic N) is 1. The Morgan fingerprint density at radius 3 is 2.27 bits per heavy atom. The fourth-order valence-electron chi connectivity index (χ4n) is 2.11. The number of anilines is 1. The maximum atomic E-state index is 12.1. The lowest BCUT2D eigenvalue weighted by molar-refractivity contribution is 0.433. The fraction of sp³-hybridized carbons (Fsp3) is 0. The van der Waals surface area contributed by atoms with Crippen molar-refractivity contribution >= 4 is 22.9 Å². The van der Waals surface area contributed by atoms with E-state index >= 15 is 0 Å². The number of nitrogens with one attached hydrogen (secondary N) is 2. The number of aromatic nitrogens is 2. The predicted molar refractivity (Wildman–Crippen MR) is 89.8 cm³/mol. The van der Waals surface area contributed by atoms with E-state index in [-0.39, 0.29) is 16.4 Å². The number of para-hydroxylation sites is 2. The number of hydrogen-bond acceptors (Lipinski definition) is 3. The smallest absolute Gasteiger partial charge is 0.278 e. The van der Waals surface area contributed by atoms with E-state index in [0.29, 0.717) is 5.69 Å². The number of aromatic amines is 1. The highest BCUT2D eigenvalue weighted by Gasteiger charge is 2.19. The molecule has 3 aromatic rings. The van der Waals surface area contributed by atoms with Crippen molar-refractivity contribution < 1.29 is 5.11 Å². The number of benzene rings is 2. The fourth-order valence-corrected chi connectivity index (χ4v) is 2.41. The molecule has 0 aliphatic rings. The lowest BCUT2D eigenvalue weighted by Crippen LogP contribution is -2.18. The second-order valence-corrected chi connectivity index (χ2v) is 5.04. The predicted octanol–water partition coefficient (Wildman–Crippen LogP) is 2.66. The van der Waals surface area contributed by atoms with Crippen LogP contribution in [0.4, 0.5) is 5.69 Å². The molecule has 3 N–H and O–H groups in total. The van der Waals surface area contributed by atoms with E-state index in [2.05, 4.69) is 10.4 Å². The Balaban J connectivity index is 1.97. The molecule has 0 saturated carbocycles. The zero-order valence-electron chi connectivity index (χ0n) is 11.5. The van der Waals surface area contributed by atoms with Crippen molar-refractivity contribution in [3.63, 3.8) is 0 Å². The Bertz CT molecular complexity index is 854. The first-order valence-corrected chi connectivity index (χ1v) is 7.03. The molecule has 2 aromatic carbocycles. The molecule has 22 heavy (non-hydrogen) atoms. The highest BCUT2D eigenvalue weighted by Crippen LogP contribution is 2.19. The molecule has 0 unspecified atom stereocenters. The molecular weight excluding hydrogens is 298 g/mol. The van der Waals surface area contributed by atoms with Crippen LogP contribution < -0.4 is 10.9 Å². The average molecular weight is 311 g/mol. The number of rotatable bonds is 3. The maximum Gasteiger partial charge on any atom is 0.278 e. The maximum absolute atomic E-state index is 12.1. The van der Waals surface area contributed by atoms with Crippen molar-refractivity contribution in [2.24, 2.45) is 0 Å². The first-order chi connectivity index (χ1) is 10.7. The van der Waals surface area contributed by atoms with Crippen molar-refractivity contribution in [1.29, 1.82) is 0 Å². The molecule has 0 aliphatic carbocycles. The summed E-state index contributed by atoms with van der Waals surface area (Å²) in [6, 6.07) is 18.3. The second kappa shape index (κ2) is 5.87. The van der Waals surface area contributed by atoms with Gasteiger partial charge in [0.05, 0.1) is 5.69 Å². The third kappa shape index (κ3) is 2.64. The molecule has 0 bridgehead atoms. The summed E-state index contributed by atoms with van der Waals surface area (Å²) in [5.41, 5.74) is 0.988. The molecular formula is C16H13N3O2S. The lowest BCUT2D eigenvalue weighted by atomic mass is 10.3. The number of aromatic hydroxyl groups is 1. The van der Waals surface area contributed by atoms with Crippen LogP contribution in [0.1, 0.15) is 5.56 Å². The van der Waals surface area contributed by atoms with Crippen LogP contribution in [0.5, 0.6) is 5.88 Å². The van der Waals surface area contributed by atoms with Crippen LogP contribution in [-0.2, 0) is 0 Å². The molecule has 0 atom stereocenters. The number of hydrogen-bond donors (Lipinski definition) is 3. The van der Waals surface area contributed by atoms with E-state index in [1.54, 1.807) is 12.1 Å². The largest absolute Gasteiger partial charge is 0.493 e. The normalized spacial score (nSPS) is 10.4. The summed E-state index contributed by atoms with van der Waals surface area (Å²) in [6.07, 6.45) is 0. The summed E-state index contributed by atoms with van der Waals surface area (Å²) < 4.78 is 1.30. The Kier molecular flexibility index (Phi) is 3.76. The van der Waals surface area contributed by atoms with Crippen molar-refractivity contribution in [2.75, 3.05) is 5.32 Å². The molecule has 3 rings (SSSR count). The van der Waals surface area contributed by atoms with Gasteiger partial charge in [-0.05, 0) is 24.3 Å². The van der Waals surface area contributed by atoms with Gasteiger partial charge < -0.3 is 10.4 Å². The van der Waals surface area contributed by atoms with E-state index in [4.69, 9.17) is 12.2 Å². The van der Waals surface area contributed by atoms with Gasteiger partial charge in [-0.1, -0.05) is 48.6 Å². The van der Waals surface area contributed by atoms with Crippen molar-refractivity contribution in [3.05, 3.63) is 76.6 Å². The van der Waals surface area contributed by atoms with Gasteiger partial charge in [-0.3, -0.25) is 9.89 Å². The Hall–Kier alpha value is -2.86. The van der Waals surface area contributed by atoms with E-state index in [1.807, 2.05) is 48.5 Å². The molecule has 1 heterocycles. The number of thiocarbonyl (C=S) groups is 1. The minimum atomic E-state index is -0.449. The molecule has 0 spiro atoms. The molecule has 0 saturated heterocycles. The SMILES string of the molecule is O=c1[nH]n(-c2ccccc2)c(O)c1C(=S)Nc1ccccc1. The molecule has 110 valence electrons. The summed E-state index contributed by atoms with van der Waals surface area (Å²) in [5.74, 6) is -0.218. The van der Waals surface area contributed by atoms with Gasteiger partial charge in [-0.2, -0.15) is 0 Å². The zero-order chi connectivity index (χ0) is 15.5. The Labute approximate surface area is 131 Å². The van der Waals surface area contributed by atoms with Gasteiger partial charge in [-0.25, -0.2) is 4.68 Å². The second-order valence-electron chi connectivity index (χ2n) is 4.63. The van der Waals surface area contributed by atoms with Crippen molar-refractivity contribution in [1.82, 2.24) is 9.78 Å². The van der Waals surface area contributed by atoms with Crippen molar-refractivity contribution in [2.45, 2.75) is 0 Å². The molecule has 5 nitrogen and oxygen atoms in total. The summed E-state index contributed by atoms with van der Waals surface area (Å²) in [6.45, 7) is 0. The van der Waals surface area contributed by atoms with Crippen LogP contribution in [0.25, 0.3) is 5.69 Å². The van der Waals surface area contributed by atoms with Crippen LogP contribution in [0.2, 0.25) is 0 Å². The molecule has 6 heteroatoms. The molecule has 0 amide bonds. The van der Waals surface area contributed by atoms with Crippen LogP contribution in [-0.4, -0.2) is 19.9 Å². The monoisotopic (exact) mass is 311 g/mol. The average Bonchev–Trinajstić information content (AvgIpc) is 2.84. The minimum absolute atomic E-state index is 0.0442. The molecule has 1 aromatic heterocycles. The Morgan fingerprint density at radius 1 is 1.05 bits per heavy atom. The summed E-state index contributed by atoms with van der Waals surface area (Å²) in [4.78, 5) is 12.3. The quantitative estimate of drug-likeness (QED) is 0.650. The topological polar surface area (TPSA) is 70.0 Å². The van der Waals surface area contributed by atoms with Gasteiger partial charge >= 0.3 is 0 Å². The minimum Gasteiger partial charge on any atom is -0.493 e. The summed E-state index contributed by atoms with van der Waals surface area (Å²) >= 11 is 5.24. The van der Waals surface area contributed by atoms with E-state index in [9.17, 15) is 9.90 Å². The standard InChI is InChI=1S/C16H13N3O2S/c20-14-13(15(22)17-11-7-3-1-4-8-11)16(21)19(18-14)12-9-5-2-6-10-12/h1-10,21H,(H,17,22)(H,18,20). The van der Waals surface area contributed by atoms with Gasteiger partial charge in [0.25, 0.3) is 5.56 Å². The van der Waals surface area contributed by atoms with Gasteiger partial charge in [0.15, 0.2) is 0 Å². The van der Waals surface area contributed by atoms with Crippen molar-refractivity contribution in [3.8, 4) is 11.6 Å². The van der Waals surface area contributed by atoms with Crippen LogP contribution >= 0.6 is 12.2 Å². The van der Waals surface area contributed by atoms with Gasteiger partial charge in [-0.15, -0.1) is 0 Å². The van der Waals surface area contributed by atoms with Crippen LogP contribution in [0.3, 0.4) is 0 Å².